The number of pyridine rings is 1. The third-order valence-electron chi connectivity index (χ3n) is 5.40. The Hall–Kier alpha value is -1.58. The van der Waals surface area contributed by atoms with E-state index < -0.39 is 33.7 Å². The van der Waals surface area contributed by atoms with E-state index >= 15 is 0 Å². The van der Waals surface area contributed by atoms with E-state index in [0.29, 0.717) is 42.8 Å². The first kappa shape index (κ1) is 19.2. The molecule has 3 heterocycles. The Bertz CT molecular complexity index is 814. The topological polar surface area (TPSA) is 105 Å². The van der Waals surface area contributed by atoms with Crippen molar-refractivity contribution in [1.82, 2.24) is 14.6 Å². The van der Waals surface area contributed by atoms with E-state index in [2.05, 4.69) is 10.3 Å². The van der Waals surface area contributed by atoms with Gasteiger partial charge in [-0.2, -0.15) is 4.31 Å². The van der Waals surface area contributed by atoms with Gasteiger partial charge in [0.25, 0.3) is 0 Å². The van der Waals surface area contributed by atoms with Gasteiger partial charge in [-0.05, 0) is 37.3 Å². The Morgan fingerprint density at radius 1 is 1.54 bits per heavy atom. The quantitative estimate of drug-likeness (QED) is 0.799. The molecule has 0 saturated carbocycles. The van der Waals surface area contributed by atoms with Crippen LogP contribution >= 0.6 is 0 Å². The Labute approximate surface area is 153 Å². The van der Waals surface area contributed by atoms with Crippen molar-refractivity contribution in [2.45, 2.75) is 51.1 Å². The molecule has 1 amide bonds. The van der Waals surface area contributed by atoms with Gasteiger partial charge in [-0.3, -0.25) is 9.78 Å². The molecular weight excluding hydrogens is 359 g/mol. The zero-order valence-electron chi connectivity index (χ0n) is 15.0. The number of fused-ring (bicyclic) bond motifs is 2. The minimum atomic E-state index is -3.44. The first-order valence-corrected chi connectivity index (χ1v) is 10.6. The molecule has 4 atom stereocenters. The molecule has 2 saturated heterocycles. The first-order valence-electron chi connectivity index (χ1n) is 8.95. The molecule has 0 spiro atoms. The summed E-state index contributed by atoms with van der Waals surface area (Å²) in [7, 11) is -3.44. The molecule has 1 aromatic rings. The lowest BCUT2D eigenvalue weighted by Gasteiger charge is -2.38. The molecule has 2 fully saturated rings. The number of carbonyl (C=O) groups excluding carboxylic acids is 1. The molecule has 3 N–H and O–H groups in total. The minimum absolute atomic E-state index is 0.0875. The van der Waals surface area contributed by atoms with Gasteiger partial charge in [-0.15, -0.1) is 0 Å². The number of amides is 1. The van der Waals surface area contributed by atoms with E-state index in [1.807, 2.05) is 0 Å². The standard InChI is InChI=1S/C17H25FN4O3S/c1-3-12-13(18)7-21-16(15(12)10(2)17(19)23)14-8-20-11-5-4-6-26(24,25)22(14)9-11/h7,10-11,14,20H,3-6,8-9H2,1-2H3,(H2,19,23)/t10?,11-,14+/m1/s1. The van der Waals surface area contributed by atoms with E-state index in [1.165, 1.54) is 4.31 Å². The molecular formula is C17H25FN4O3S. The summed E-state index contributed by atoms with van der Waals surface area (Å²) in [5.74, 6) is -1.76. The molecule has 1 aromatic heterocycles. The smallest absolute Gasteiger partial charge is 0.224 e. The lowest BCUT2D eigenvalue weighted by atomic mass is 9.89. The zero-order valence-corrected chi connectivity index (χ0v) is 15.9. The van der Waals surface area contributed by atoms with Gasteiger partial charge in [0, 0.05) is 19.1 Å². The van der Waals surface area contributed by atoms with Crippen LogP contribution in [-0.2, 0) is 21.2 Å². The molecule has 0 radical (unpaired) electrons. The largest absolute Gasteiger partial charge is 0.369 e. The van der Waals surface area contributed by atoms with Gasteiger partial charge in [0.1, 0.15) is 5.82 Å². The van der Waals surface area contributed by atoms with Crippen molar-refractivity contribution in [1.29, 1.82) is 0 Å². The highest BCUT2D eigenvalue weighted by Gasteiger charge is 2.41. The van der Waals surface area contributed by atoms with E-state index in [0.717, 1.165) is 12.6 Å². The number of piperazine rings is 1. The number of hydrogen-bond donors (Lipinski definition) is 2. The number of aromatic nitrogens is 1. The predicted octanol–water partition coefficient (Wildman–Crippen LogP) is 0.810. The van der Waals surface area contributed by atoms with Crippen LogP contribution in [0.5, 0.6) is 0 Å². The first-order chi connectivity index (χ1) is 12.3. The maximum absolute atomic E-state index is 14.3. The van der Waals surface area contributed by atoms with Crippen molar-refractivity contribution >= 4 is 15.9 Å². The van der Waals surface area contributed by atoms with Crippen LogP contribution in [0.2, 0.25) is 0 Å². The molecule has 2 aliphatic heterocycles. The van der Waals surface area contributed by atoms with Gasteiger partial charge in [0.2, 0.25) is 15.9 Å². The molecule has 0 aliphatic carbocycles. The van der Waals surface area contributed by atoms with Crippen molar-refractivity contribution in [2.24, 2.45) is 5.73 Å². The fourth-order valence-corrected chi connectivity index (χ4v) is 5.69. The molecule has 2 aliphatic rings. The van der Waals surface area contributed by atoms with Crippen LogP contribution in [0.1, 0.15) is 55.5 Å². The molecule has 2 unspecified atom stereocenters. The van der Waals surface area contributed by atoms with Crippen LogP contribution in [-0.4, -0.2) is 48.5 Å². The zero-order chi connectivity index (χ0) is 19.1. The molecule has 0 aromatic carbocycles. The van der Waals surface area contributed by atoms with Gasteiger partial charge >= 0.3 is 0 Å². The highest BCUT2D eigenvalue weighted by molar-refractivity contribution is 7.89. The normalized spacial score (nSPS) is 29.0. The third-order valence-corrected chi connectivity index (χ3v) is 7.32. The van der Waals surface area contributed by atoms with Crippen molar-refractivity contribution in [3.63, 3.8) is 0 Å². The fraction of sp³-hybridized carbons (Fsp3) is 0.647. The fourth-order valence-electron chi connectivity index (χ4n) is 3.96. The van der Waals surface area contributed by atoms with Crippen LogP contribution in [0.3, 0.4) is 0 Å². The maximum Gasteiger partial charge on any atom is 0.224 e. The van der Waals surface area contributed by atoms with E-state index in [-0.39, 0.29) is 11.8 Å². The van der Waals surface area contributed by atoms with Crippen LogP contribution in [0.25, 0.3) is 0 Å². The van der Waals surface area contributed by atoms with Crippen molar-refractivity contribution < 1.29 is 17.6 Å². The van der Waals surface area contributed by atoms with Crippen LogP contribution < -0.4 is 11.1 Å². The summed E-state index contributed by atoms with van der Waals surface area (Å²) in [6, 6.07) is -0.469. The molecule has 9 heteroatoms. The SMILES string of the molecule is CCc1c(F)cnc([C@@H]2CN[C@@H]3CCCS(=O)(=O)N2C3)c1C(C)C(N)=O. The van der Waals surface area contributed by atoms with Gasteiger partial charge in [0.05, 0.1) is 29.6 Å². The van der Waals surface area contributed by atoms with E-state index in [9.17, 15) is 17.6 Å². The number of halogens is 1. The van der Waals surface area contributed by atoms with Crippen LogP contribution in [0.15, 0.2) is 6.20 Å². The Kier molecular flexibility index (Phi) is 5.32. The summed E-state index contributed by atoms with van der Waals surface area (Å²) in [5, 5.41) is 3.37. The second kappa shape index (κ2) is 7.21. The minimum Gasteiger partial charge on any atom is -0.369 e. The van der Waals surface area contributed by atoms with Gasteiger partial charge in [0.15, 0.2) is 0 Å². The second-order valence-electron chi connectivity index (χ2n) is 7.01. The summed E-state index contributed by atoms with van der Waals surface area (Å²) in [5.41, 5.74) is 6.70. The number of sulfonamides is 1. The summed E-state index contributed by atoms with van der Waals surface area (Å²) >= 11 is 0. The van der Waals surface area contributed by atoms with E-state index in [4.69, 9.17) is 5.73 Å². The van der Waals surface area contributed by atoms with Gasteiger partial charge < -0.3 is 11.1 Å². The number of nitrogens with two attached hydrogens (primary N) is 1. The highest BCUT2D eigenvalue weighted by atomic mass is 32.2. The third kappa shape index (κ3) is 3.35. The predicted molar refractivity (Wildman–Crippen MR) is 95.4 cm³/mol. The average molecular weight is 384 g/mol. The lowest BCUT2D eigenvalue weighted by Crippen LogP contribution is -2.53. The van der Waals surface area contributed by atoms with Crippen molar-refractivity contribution in [3.05, 3.63) is 28.8 Å². The number of primary amides is 1. The molecule has 2 bridgehead atoms. The molecule has 7 nitrogen and oxygen atoms in total. The Morgan fingerprint density at radius 2 is 2.27 bits per heavy atom. The van der Waals surface area contributed by atoms with Gasteiger partial charge in [-0.1, -0.05) is 6.92 Å². The number of hydrogen-bond acceptors (Lipinski definition) is 5. The summed E-state index contributed by atoms with van der Waals surface area (Å²) in [6.45, 7) is 4.14. The van der Waals surface area contributed by atoms with Gasteiger partial charge in [-0.25, -0.2) is 12.8 Å². The number of carbonyl (C=O) groups is 1. The average Bonchev–Trinajstić information content (AvgIpc) is 2.71. The molecule has 26 heavy (non-hydrogen) atoms. The maximum atomic E-state index is 14.3. The van der Waals surface area contributed by atoms with Crippen LogP contribution in [0, 0.1) is 5.82 Å². The van der Waals surface area contributed by atoms with E-state index in [1.54, 1.807) is 13.8 Å². The van der Waals surface area contributed by atoms with Crippen LogP contribution in [0.4, 0.5) is 4.39 Å². The summed E-state index contributed by atoms with van der Waals surface area (Å²) < 4.78 is 41.3. The highest BCUT2D eigenvalue weighted by Crippen LogP contribution is 2.35. The Balaban J connectivity index is 2.15. The number of nitrogens with one attached hydrogen (secondary N) is 1. The second-order valence-corrected chi connectivity index (χ2v) is 9.05. The molecule has 3 rings (SSSR count). The summed E-state index contributed by atoms with van der Waals surface area (Å²) in [4.78, 5) is 16.1. The molecule has 144 valence electrons. The number of rotatable bonds is 4. The Morgan fingerprint density at radius 3 is 2.92 bits per heavy atom. The number of nitrogens with zero attached hydrogens (tertiary/aromatic N) is 2. The summed E-state index contributed by atoms with van der Waals surface area (Å²) in [6.07, 6.45) is 2.88. The van der Waals surface area contributed by atoms with Crippen molar-refractivity contribution in [2.75, 3.05) is 18.8 Å². The monoisotopic (exact) mass is 384 g/mol. The van der Waals surface area contributed by atoms with Crippen molar-refractivity contribution in [3.8, 4) is 0 Å². The lowest BCUT2D eigenvalue weighted by molar-refractivity contribution is -0.119.